The summed E-state index contributed by atoms with van der Waals surface area (Å²) in [5.74, 6) is -0.791. The van der Waals surface area contributed by atoms with Crippen LogP contribution in [0.2, 0.25) is 0 Å². The zero-order chi connectivity index (χ0) is 10.6. The Bertz CT molecular complexity index is 197. The number of likely N-dealkylation sites (tertiary alicyclic amines) is 1. The number of aliphatic carboxylic acids is 1. The van der Waals surface area contributed by atoms with Gasteiger partial charge in [0.15, 0.2) is 0 Å². The molecule has 1 aliphatic heterocycles. The van der Waals surface area contributed by atoms with Crippen molar-refractivity contribution in [3.63, 3.8) is 0 Å². The first-order chi connectivity index (χ1) is 6.66. The summed E-state index contributed by atoms with van der Waals surface area (Å²) < 4.78 is 0. The number of carboxylic acid groups (broad SMARTS) is 1. The third-order valence-electron chi connectivity index (χ3n) is 3.01. The van der Waals surface area contributed by atoms with Crippen molar-refractivity contribution in [3.8, 4) is 0 Å². The van der Waals surface area contributed by atoms with Gasteiger partial charge in [0.25, 0.3) is 0 Å². The third-order valence-corrected chi connectivity index (χ3v) is 3.01. The largest absolute Gasteiger partial charge is 0.480 e. The maximum absolute atomic E-state index is 11.0. The van der Waals surface area contributed by atoms with Crippen LogP contribution in [0.15, 0.2) is 0 Å². The number of carboxylic acids is 1. The van der Waals surface area contributed by atoms with Gasteiger partial charge >= 0.3 is 5.97 Å². The highest BCUT2D eigenvalue weighted by Crippen LogP contribution is 2.18. The summed E-state index contributed by atoms with van der Waals surface area (Å²) in [4.78, 5) is 13.0. The molecule has 4 nitrogen and oxygen atoms in total. The van der Waals surface area contributed by atoms with Crippen molar-refractivity contribution in [2.75, 3.05) is 13.1 Å². The van der Waals surface area contributed by atoms with Gasteiger partial charge in [0.1, 0.15) is 6.04 Å². The van der Waals surface area contributed by atoms with E-state index < -0.39 is 12.0 Å². The summed E-state index contributed by atoms with van der Waals surface area (Å²) in [6.45, 7) is 3.17. The maximum atomic E-state index is 11.0. The highest BCUT2D eigenvalue weighted by Gasteiger charge is 2.28. The van der Waals surface area contributed by atoms with Crippen LogP contribution in [-0.2, 0) is 4.79 Å². The molecule has 1 saturated heterocycles. The fourth-order valence-electron chi connectivity index (χ4n) is 2.14. The Morgan fingerprint density at radius 2 is 2.29 bits per heavy atom. The first kappa shape index (κ1) is 11.5. The molecule has 4 heteroatoms. The molecule has 1 fully saturated rings. The van der Waals surface area contributed by atoms with Gasteiger partial charge in [0.05, 0.1) is 0 Å². The van der Waals surface area contributed by atoms with Gasteiger partial charge < -0.3 is 10.8 Å². The van der Waals surface area contributed by atoms with Crippen LogP contribution in [0.4, 0.5) is 0 Å². The van der Waals surface area contributed by atoms with Crippen LogP contribution in [0.25, 0.3) is 0 Å². The van der Waals surface area contributed by atoms with Crippen molar-refractivity contribution < 1.29 is 9.90 Å². The molecule has 14 heavy (non-hydrogen) atoms. The predicted molar refractivity (Wildman–Crippen MR) is 55.1 cm³/mol. The summed E-state index contributed by atoms with van der Waals surface area (Å²) in [6.07, 6.45) is 4.59. The quantitative estimate of drug-likeness (QED) is 0.702. The van der Waals surface area contributed by atoms with Gasteiger partial charge in [-0.2, -0.15) is 0 Å². The van der Waals surface area contributed by atoms with Crippen molar-refractivity contribution in [1.82, 2.24) is 4.90 Å². The molecule has 0 saturated carbocycles. The average Bonchev–Trinajstić information content (AvgIpc) is 2.33. The van der Waals surface area contributed by atoms with E-state index >= 15 is 0 Å². The summed E-state index contributed by atoms with van der Waals surface area (Å²) in [5, 5.41) is 9.01. The summed E-state index contributed by atoms with van der Waals surface area (Å²) in [5.41, 5.74) is 5.50. The third kappa shape index (κ3) is 2.69. The van der Waals surface area contributed by atoms with Crippen molar-refractivity contribution >= 4 is 5.97 Å². The van der Waals surface area contributed by atoms with Gasteiger partial charge in [-0.15, -0.1) is 0 Å². The Morgan fingerprint density at radius 1 is 1.57 bits per heavy atom. The van der Waals surface area contributed by atoms with Gasteiger partial charge in [-0.1, -0.05) is 12.8 Å². The van der Waals surface area contributed by atoms with Crippen molar-refractivity contribution in [2.24, 2.45) is 5.73 Å². The second kappa shape index (κ2) is 5.32. The van der Waals surface area contributed by atoms with E-state index in [1.807, 2.05) is 4.90 Å². The zero-order valence-corrected chi connectivity index (χ0v) is 8.78. The minimum Gasteiger partial charge on any atom is -0.480 e. The van der Waals surface area contributed by atoms with Crippen LogP contribution < -0.4 is 5.73 Å². The molecule has 3 N–H and O–H groups in total. The second-order valence-electron chi connectivity index (χ2n) is 4.03. The molecule has 0 aliphatic carbocycles. The molecule has 2 unspecified atom stereocenters. The molecular formula is C10H20N2O2. The summed E-state index contributed by atoms with van der Waals surface area (Å²) in [7, 11) is 0. The molecule has 0 spiro atoms. The Hall–Kier alpha value is -0.610. The minimum atomic E-state index is -0.791. The number of nitrogens with zero attached hydrogens (tertiary/aromatic N) is 1. The van der Waals surface area contributed by atoms with E-state index in [-0.39, 0.29) is 6.54 Å². The lowest BCUT2D eigenvalue weighted by Gasteiger charge is -2.31. The molecule has 0 aromatic rings. The predicted octanol–water partition coefficient (Wildman–Crippen LogP) is 0.663. The molecule has 0 bridgehead atoms. The van der Waals surface area contributed by atoms with Crippen LogP contribution in [0.5, 0.6) is 0 Å². The Kier molecular flexibility index (Phi) is 4.35. The van der Waals surface area contributed by atoms with Crippen molar-refractivity contribution in [1.29, 1.82) is 0 Å². The van der Waals surface area contributed by atoms with E-state index in [9.17, 15) is 4.79 Å². The average molecular weight is 200 g/mol. The molecular weight excluding hydrogens is 180 g/mol. The Labute approximate surface area is 85.1 Å². The molecule has 1 aliphatic rings. The highest BCUT2D eigenvalue weighted by atomic mass is 16.4. The van der Waals surface area contributed by atoms with Crippen LogP contribution in [0.1, 0.15) is 32.6 Å². The molecule has 0 amide bonds. The number of carbonyl (C=O) groups is 1. The summed E-state index contributed by atoms with van der Waals surface area (Å²) >= 11 is 0. The number of rotatable bonds is 3. The smallest absolute Gasteiger partial charge is 0.322 e. The van der Waals surface area contributed by atoms with Crippen LogP contribution in [0.3, 0.4) is 0 Å². The first-order valence-electron chi connectivity index (χ1n) is 5.35. The lowest BCUT2D eigenvalue weighted by molar-refractivity contribution is -0.143. The van der Waals surface area contributed by atoms with E-state index in [1.54, 1.807) is 0 Å². The zero-order valence-electron chi connectivity index (χ0n) is 8.78. The first-order valence-corrected chi connectivity index (χ1v) is 5.35. The van der Waals surface area contributed by atoms with Gasteiger partial charge in [-0.25, -0.2) is 0 Å². The van der Waals surface area contributed by atoms with Gasteiger partial charge in [-0.3, -0.25) is 9.69 Å². The molecule has 0 radical (unpaired) electrons. The number of hydrogen-bond donors (Lipinski definition) is 2. The lowest BCUT2D eigenvalue weighted by Crippen LogP contribution is -2.50. The maximum Gasteiger partial charge on any atom is 0.322 e. The molecule has 82 valence electrons. The van der Waals surface area contributed by atoms with Gasteiger partial charge in [0, 0.05) is 12.6 Å². The minimum absolute atomic E-state index is 0.208. The van der Waals surface area contributed by atoms with E-state index in [4.69, 9.17) is 10.8 Å². The van der Waals surface area contributed by atoms with Crippen molar-refractivity contribution in [2.45, 2.75) is 44.7 Å². The molecule has 0 aromatic carbocycles. The van der Waals surface area contributed by atoms with Crippen molar-refractivity contribution in [3.05, 3.63) is 0 Å². The number of hydrogen-bond acceptors (Lipinski definition) is 3. The van der Waals surface area contributed by atoms with Crippen LogP contribution in [-0.4, -0.2) is 41.1 Å². The molecule has 0 aromatic heterocycles. The fraction of sp³-hybridized carbons (Fsp3) is 0.900. The molecule has 2 atom stereocenters. The normalized spacial score (nSPS) is 26.9. The van der Waals surface area contributed by atoms with E-state index in [0.29, 0.717) is 6.04 Å². The van der Waals surface area contributed by atoms with Gasteiger partial charge in [0.2, 0.25) is 0 Å². The monoisotopic (exact) mass is 200 g/mol. The Balaban J connectivity index is 2.65. The molecule has 1 rings (SSSR count). The fourth-order valence-corrected chi connectivity index (χ4v) is 2.14. The van der Waals surface area contributed by atoms with E-state index in [2.05, 4.69) is 6.92 Å². The standard InChI is InChI=1S/C10H20N2O2/c1-8-5-3-2-4-6-12(8)9(7-11)10(13)14/h8-9H,2-7,11H2,1H3,(H,13,14). The highest BCUT2D eigenvalue weighted by molar-refractivity contribution is 5.73. The lowest BCUT2D eigenvalue weighted by atomic mass is 10.1. The Morgan fingerprint density at radius 3 is 2.86 bits per heavy atom. The van der Waals surface area contributed by atoms with Crippen LogP contribution in [0, 0.1) is 0 Å². The van der Waals surface area contributed by atoms with Crippen LogP contribution >= 0.6 is 0 Å². The van der Waals surface area contributed by atoms with E-state index in [0.717, 1.165) is 19.4 Å². The van der Waals surface area contributed by atoms with Gasteiger partial charge in [-0.05, 0) is 26.3 Å². The summed E-state index contributed by atoms with van der Waals surface area (Å²) in [6, 6.07) is -0.148. The topological polar surface area (TPSA) is 66.6 Å². The number of nitrogens with two attached hydrogens (primary N) is 1. The molecule has 1 heterocycles. The second-order valence-corrected chi connectivity index (χ2v) is 4.03. The van der Waals surface area contributed by atoms with E-state index in [1.165, 1.54) is 12.8 Å². The SMILES string of the molecule is CC1CCCCCN1C(CN)C(=O)O.